The largest absolute Gasteiger partial charge is 0.331 e. The molecule has 0 atom stereocenters. The second kappa shape index (κ2) is 1.88. The van der Waals surface area contributed by atoms with Crippen molar-refractivity contribution in [1.82, 2.24) is 13.8 Å². The Bertz CT molecular complexity index is 404. The fraction of sp³-hybridized carbons (Fsp3) is 0. The second-order valence-corrected chi connectivity index (χ2v) is 2.45. The van der Waals surface area contributed by atoms with Gasteiger partial charge in [-0.15, -0.1) is 4.37 Å². The minimum atomic E-state index is -0.0944. The van der Waals surface area contributed by atoms with Gasteiger partial charge in [0, 0.05) is 23.9 Å². The maximum absolute atomic E-state index is 10.9. The van der Waals surface area contributed by atoms with Crippen LogP contribution in [0.2, 0.25) is 0 Å². The molecule has 2 heterocycles. The van der Waals surface area contributed by atoms with E-state index in [0.29, 0.717) is 5.78 Å². The van der Waals surface area contributed by atoms with Crippen LogP contribution in [-0.2, 0) is 0 Å². The highest BCUT2D eigenvalue weighted by molar-refractivity contribution is 7.03. The number of hydrogen-bond donors (Lipinski definition) is 0. The van der Waals surface area contributed by atoms with Crippen LogP contribution in [0.25, 0.3) is 5.78 Å². The summed E-state index contributed by atoms with van der Waals surface area (Å²) < 4.78 is 5.21. The van der Waals surface area contributed by atoms with Crippen LogP contribution < -0.4 is 4.87 Å². The van der Waals surface area contributed by atoms with Crippen LogP contribution in [0.15, 0.2) is 23.3 Å². The van der Waals surface area contributed by atoms with Crippen molar-refractivity contribution < 1.29 is 0 Å². The molecule has 2 rings (SSSR count). The van der Waals surface area contributed by atoms with Gasteiger partial charge in [0.2, 0.25) is 5.78 Å². The molecule has 0 bridgehead atoms. The molecule has 2 aromatic heterocycles. The van der Waals surface area contributed by atoms with Crippen LogP contribution in [0.1, 0.15) is 0 Å². The summed E-state index contributed by atoms with van der Waals surface area (Å²) in [6.07, 6.45) is 3.25. The minimum Gasteiger partial charge on any atom is -0.255 e. The summed E-state index contributed by atoms with van der Waals surface area (Å²) in [5.41, 5.74) is 0. The third kappa shape index (κ3) is 0.640. The maximum atomic E-state index is 10.9. The lowest BCUT2D eigenvalue weighted by Gasteiger charge is -1.83. The average Bonchev–Trinajstić information content (AvgIpc) is 2.34. The highest BCUT2D eigenvalue weighted by atomic mass is 32.1. The van der Waals surface area contributed by atoms with E-state index < -0.39 is 0 Å². The zero-order valence-electron chi connectivity index (χ0n) is 4.89. The van der Waals surface area contributed by atoms with Gasteiger partial charge in [-0.1, -0.05) is 0 Å². The molecule has 0 saturated carbocycles. The van der Waals surface area contributed by atoms with Crippen LogP contribution in [0, 0.1) is 0 Å². The van der Waals surface area contributed by atoms with Crippen LogP contribution in [0.4, 0.5) is 0 Å². The quantitative estimate of drug-likeness (QED) is 0.541. The zero-order valence-corrected chi connectivity index (χ0v) is 5.71. The number of nitrogens with zero attached hydrogens (tertiary/aromatic N) is 3. The highest BCUT2D eigenvalue weighted by Crippen LogP contribution is 1.91. The predicted octanol–water partition coefficient (Wildman–Crippen LogP) is 0.151. The van der Waals surface area contributed by atoms with E-state index in [1.165, 1.54) is 4.40 Å². The van der Waals surface area contributed by atoms with Gasteiger partial charge in [-0.3, -0.25) is 4.79 Å². The van der Waals surface area contributed by atoms with Gasteiger partial charge in [-0.2, -0.15) is 0 Å². The number of fused-ring (bicyclic) bond motifs is 1. The minimum absolute atomic E-state index is 0.0944. The van der Waals surface area contributed by atoms with Crippen molar-refractivity contribution >= 4 is 17.3 Å². The van der Waals surface area contributed by atoms with E-state index in [2.05, 4.69) is 9.36 Å². The standard InChI is InChI=1S/C5H3N3OS/c9-5-8-3-1-2-6-4(8)7-10-5/h1-3H. The fourth-order valence-corrected chi connectivity index (χ4v) is 1.22. The third-order valence-electron chi connectivity index (χ3n) is 1.13. The molecule has 0 fully saturated rings. The van der Waals surface area contributed by atoms with Gasteiger partial charge < -0.3 is 0 Å². The Balaban J connectivity index is 3.07. The molecule has 5 heteroatoms. The summed E-state index contributed by atoms with van der Waals surface area (Å²) in [4.78, 5) is 14.6. The first kappa shape index (κ1) is 5.55. The van der Waals surface area contributed by atoms with Crippen molar-refractivity contribution in [3.05, 3.63) is 28.1 Å². The Morgan fingerprint density at radius 3 is 3.30 bits per heavy atom. The maximum Gasteiger partial charge on any atom is 0.331 e. The van der Waals surface area contributed by atoms with Gasteiger partial charge in [0.05, 0.1) is 0 Å². The van der Waals surface area contributed by atoms with Gasteiger partial charge in [0.15, 0.2) is 0 Å². The van der Waals surface area contributed by atoms with E-state index in [0.717, 1.165) is 11.5 Å². The van der Waals surface area contributed by atoms with Gasteiger partial charge in [-0.05, 0) is 6.07 Å². The summed E-state index contributed by atoms with van der Waals surface area (Å²) in [5.74, 6) is 0.470. The smallest absolute Gasteiger partial charge is 0.255 e. The number of aromatic nitrogens is 3. The Morgan fingerprint density at radius 2 is 2.50 bits per heavy atom. The molecule has 4 nitrogen and oxygen atoms in total. The highest BCUT2D eigenvalue weighted by Gasteiger charge is 1.96. The normalized spacial score (nSPS) is 10.4. The molecule has 10 heavy (non-hydrogen) atoms. The lowest BCUT2D eigenvalue weighted by molar-refractivity contribution is 1.08. The summed E-state index contributed by atoms with van der Waals surface area (Å²) in [7, 11) is 0. The van der Waals surface area contributed by atoms with Crippen LogP contribution in [-0.4, -0.2) is 13.8 Å². The molecule has 0 amide bonds. The van der Waals surface area contributed by atoms with E-state index in [1.54, 1.807) is 18.5 Å². The third-order valence-corrected chi connectivity index (χ3v) is 1.74. The number of rotatable bonds is 0. The molecule has 0 radical (unpaired) electrons. The molecule has 0 aliphatic rings. The Morgan fingerprint density at radius 1 is 1.60 bits per heavy atom. The van der Waals surface area contributed by atoms with E-state index in [-0.39, 0.29) is 4.87 Å². The molecule has 0 aliphatic carbocycles. The van der Waals surface area contributed by atoms with E-state index in [4.69, 9.17) is 0 Å². The van der Waals surface area contributed by atoms with Crippen LogP contribution in [0.5, 0.6) is 0 Å². The fourth-order valence-electron chi connectivity index (χ4n) is 0.697. The van der Waals surface area contributed by atoms with Crippen LogP contribution in [0.3, 0.4) is 0 Å². The van der Waals surface area contributed by atoms with E-state index in [9.17, 15) is 4.79 Å². The van der Waals surface area contributed by atoms with Crippen LogP contribution >= 0.6 is 11.5 Å². The van der Waals surface area contributed by atoms with Crippen molar-refractivity contribution in [3.8, 4) is 0 Å². The predicted molar refractivity (Wildman–Crippen MR) is 37.1 cm³/mol. The lowest BCUT2D eigenvalue weighted by Crippen LogP contribution is -2.02. The topological polar surface area (TPSA) is 47.3 Å². The summed E-state index contributed by atoms with van der Waals surface area (Å²) >= 11 is 0.913. The van der Waals surface area contributed by atoms with Crippen molar-refractivity contribution in [1.29, 1.82) is 0 Å². The molecule has 0 N–H and O–H groups in total. The Labute approximate surface area is 59.9 Å². The molecule has 2 aromatic rings. The summed E-state index contributed by atoms with van der Waals surface area (Å²) in [5, 5.41) is 0. The van der Waals surface area contributed by atoms with Crippen molar-refractivity contribution in [2.45, 2.75) is 0 Å². The van der Waals surface area contributed by atoms with Gasteiger partial charge in [0.25, 0.3) is 0 Å². The molecule has 0 unspecified atom stereocenters. The SMILES string of the molecule is O=c1snc2ncccn12. The van der Waals surface area contributed by atoms with Gasteiger partial charge in [0.1, 0.15) is 0 Å². The molecule has 0 saturated heterocycles. The summed E-state index contributed by atoms with van der Waals surface area (Å²) in [6, 6.07) is 1.70. The molecular formula is C5H3N3OS. The number of hydrogen-bond acceptors (Lipinski definition) is 4. The van der Waals surface area contributed by atoms with E-state index in [1.807, 2.05) is 0 Å². The Hall–Kier alpha value is -1.23. The molecule has 0 aliphatic heterocycles. The Kier molecular flexibility index (Phi) is 1.04. The molecular weight excluding hydrogens is 150 g/mol. The van der Waals surface area contributed by atoms with Gasteiger partial charge in [-0.25, -0.2) is 9.38 Å². The van der Waals surface area contributed by atoms with E-state index >= 15 is 0 Å². The van der Waals surface area contributed by atoms with Crippen molar-refractivity contribution in [2.24, 2.45) is 0 Å². The lowest BCUT2D eigenvalue weighted by atomic mass is 10.7. The van der Waals surface area contributed by atoms with Crippen molar-refractivity contribution in [2.75, 3.05) is 0 Å². The molecule has 0 aromatic carbocycles. The second-order valence-electron chi connectivity index (χ2n) is 1.74. The molecule has 0 spiro atoms. The monoisotopic (exact) mass is 153 g/mol. The molecule has 50 valence electrons. The first-order valence-electron chi connectivity index (χ1n) is 2.67. The first-order chi connectivity index (χ1) is 4.88. The average molecular weight is 153 g/mol. The first-order valence-corrected chi connectivity index (χ1v) is 3.44. The summed E-state index contributed by atoms with van der Waals surface area (Å²) in [6.45, 7) is 0. The van der Waals surface area contributed by atoms with Gasteiger partial charge >= 0.3 is 4.87 Å². The zero-order chi connectivity index (χ0) is 6.97. The van der Waals surface area contributed by atoms with Crippen molar-refractivity contribution in [3.63, 3.8) is 0 Å².